The molecule has 0 heterocycles. The number of Topliss-reactive ketones (excluding diaryl/α,β-unsaturated/α-hetero) is 2. The summed E-state index contributed by atoms with van der Waals surface area (Å²) in [6.07, 6.45) is 2.81. The summed E-state index contributed by atoms with van der Waals surface area (Å²) in [5.41, 5.74) is 7.29. The maximum Gasteiger partial charge on any atom is 0.306 e. The van der Waals surface area contributed by atoms with Gasteiger partial charge >= 0.3 is 5.97 Å². The van der Waals surface area contributed by atoms with E-state index < -0.39 is 65.6 Å². The predicted octanol–water partition coefficient (Wildman–Crippen LogP) is 4.21. The zero-order valence-electron chi connectivity index (χ0n) is 27.6. The number of rotatable bonds is 19. The summed E-state index contributed by atoms with van der Waals surface area (Å²) in [6, 6.07) is 21.6. The fourth-order valence-electron chi connectivity index (χ4n) is 5.69. The summed E-state index contributed by atoms with van der Waals surface area (Å²) in [5.74, 6) is -5.57. The molecule has 4 rings (SSSR count). The van der Waals surface area contributed by atoms with E-state index in [4.69, 9.17) is 10.5 Å². The van der Waals surface area contributed by atoms with Crippen molar-refractivity contribution in [2.45, 2.75) is 71.4 Å². The topological polar surface area (TPSA) is 162 Å². The second kappa shape index (κ2) is 17.3. The van der Waals surface area contributed by atoms with Crippen LogP contribution in [0.5, 0.6) is 0 Å². The Bertz CT molecular complexity index is 1620. The molecule has 4 unspecified atom stereocenters. The molecular weight excluding hydrogens is 610 g/mol. The van der Waals surface area contributed by atoms with Crippen molar-refractivity contribution >= 4 is 46.0 Å². The molecule has 4 N–H and O–H groups in total. The highest BCUT2D eigenvalue weighted by Gasteiger charge is 2.36. The van der Waals surface area contributed by atoms with Gasteiger partial charge in [-0.25, -0.2) is 0 Å². The Morgan fingerprint density at radius 2 is 1.54 bits per heavy atom. The summed E-state index contributed by atoms with van der Waals surface area (Å²) >= 11 is 0. The lowest BCUT2D eigenvalue weighted by Gasteiger charge is -2.25. The highest BCUT2D eigenvalue weighted by atomic mass is 16.5. The van der Waals surface area contributed by atoms with Gasteiger partial charge in [-0.1, -0.05) is 106 Å². The lowest BCUT2D eigenvalue weighted by molar-refractivity contribution is -0.148. The largest absolute Gasteiger partial charge is 0.461 e. The molecule has 10 nitrogen and oxygen atoms in total. The van der Waals surface area contributed by atoms with Crippen LogP contribution < -0.4 is 16.4 Å². The van der Waals surface area contributed by atoms with E-state index in [0.717, 1.165) is 34.7 Å². The third kappa shape index (κ3) is 10.9. The number of primary amides is 1. The summed E-state index contributed by atoms with van der Waals surface area (Å²) in [7, 11) is 0. The molecule has 0 saturated heterocycles. The monoisotopic (exact) mass is 655 g/mol. The molecule has 3 aromatic rings. The number of nitrogens with one attached hydrogen (secondary N) is 2. The van der Waals surface area contributed by atoms with Crippen LogP contribution in [-0.2, 0) is 46.5 Å². The third-order valence-corrected chi connectivity index (χ3v) is 8.98. The van der Waals surface area contributed by atoms with E-state index in [9.17, 15) is 28.8 Å². The summed E-state index contributed by atoms with van der Waals surface area (Å²) < 4.78 is 5.41. The molecule has 0 aliphatic heterocycles. The number of hydrogen-bond donors (Lipinski definition) is 3. The fourth-order valence-corrected chi connectivity index (χ4v) is 5.69. The molecule has 1 aliphatic carbocycles. The van der Waals surface area contributed by atoms with E-state index in [1.807, 2.05) is 79.7 Å². The summed E-state index contributed by atoms with van der Waals surface area (Å²) in [5, 5.41) is 7.15. The number of ether oxygens (including phenoxy) is 1. The number of fused-ring (bicyclic) bond motifs is 1. The molecule has 0 radical (unpaired) electrons. The van der Waals surface area contributed by atoms with Gasteiger partial charge in [-0.3, -0.25) is 28.8 Å². The number of benzene rings is 3. The molecule has 3 aromatic carbocycles. The van der Waals surface area contributed by atoms with Crippen LogP contribution in [0.25, 0.3) is 10.8 Å². The molecule has 0 aromatic heterocycles. The highest BCUT2D eigenvalue weighted by Crippen LogP contribution is 2.36. The van der Waals surface area contributed by atoms with Gasteiger partial charge in [0.05, 0.1) is 19.0 Å². The van der Waals surface area contributed by atoms with E-state index in [0.29, 0.717) is 18.8 Å². The molecule has 0 bridgehead atoms. The van der Waals surface area contributed by atoms with Gasteiger partial charge < -0.3 is 21.1 Å². The molecule has 1 fully saturated rings. The van der Waals surface area contributed by atoms with Gasteiger partial charge in [0.25, 0.3) is 5.91 Å². The number of nitrogens with two attached hydrogens (primary N) is 1. The number of ketones is 2. The van der Waals surface area contributed by atoms with Crippen LogP contribution in [0.15, 0.2) is 72.8 Å². The maximum absolute atomic E-state index is 13.4. The van der Waals surface area contributed by atoms with E-state index in [1.54, 1.807) is 6.92 Å². The Kier molecular flexibility index (Phi) is 13.0. The highest BCUT2D eigenvalue weighted by molar-refractivity contribution is 6.38. The molecule has 4 atom stereocenters. The van der Waals surface area contributed by atoms with Crippen molar-refractivity contribution in [1.29, 1.82) is 0 Å². The van der Waals surface area contributed by atoms with Crippen LogP contribution in [0.4, 0.5) is 0 Å². The lowest BCUT2D eigenvalue weighted by Crippen LogP contribution is -2.52. The molecule has 10 heteroatoms. The zero-order valence-corrected chi connectivity index (χ0v) is 27.6. The summed E-state index contributed by atoms with van der Waals surface area (Å²) in [4.78, 5) is 77.4. The van der Waals surface area contributed by atoms with Crippen LogP contribution >= 0.6 is 0 Å². The number of hydrogen-bond acceptors (Lipinski definition) is 7. The van der Waals surface area contributed by atoms with Gasteiger partial charge in [0.1, 0.15) is 6.61 Å². The lowest BCUT2D eigenvalue weighted by atomic mass is 9.91. The van der Waals surface area contributed by atoms with Gasteiger partial charge in [-0.05, 0) is 46.6 Å². The summed E-state index contributed by atoms with van der Waals surface area (Å²) in [6.45, 7) is 3.20. The quantitative estimate of drug-likeness (QED) is 0.129. The molecule has 1 saturated carbocycles. The van der Waals surface area contributed by atoms with Crippen LogP contribution in [0.3, 0.4) is 0 Å². The zero-order chi connectivity index (χ0) is 34.6. The van der Waals surface area contributed by atoms with Crippen molar-refractivity contribution in [2.24, 2.45) is 29.4 Å². The van der Waals surface area contributed by atoms with E-state index in [-0.39, 0.29) is 25.9 Å². The molecule has 1 aliphatic rings. The molecule has 48 heavy (non-hydrogen) atoms. The number of carbonyl (C=O) groups is 6. The average molecular weight is 656 g/mol. The normalized spacial score (nSPS) is 15.0. The Morgan fingerprint density at radius 3 is 2.21 bits per heavy atom. The first kappa shape index (κ1) is 36.0. The first-order chi connectivity index (χ1) is 23.0. The second-order valence-electron chi connectivity index (χ2n) is 12.9. The SMILES string of the molecule is CCC(C)C(NC(=O)C(CC(=O)OCc1ccccc1)CC1CC1)C(=O)C(=O)NCC(=O)CC(Cc1ccc2ccccc2c1)C(N)=O. The minimum absolute atomic E-state index is 0.0912. The van der Waals surface area contributed by atoms with Gasteiger partial charge in [0, 0.05) is 18.3 Å². The first-order valence-corrected chi connectivity index (χ1v) is 16.6. The van der Waals surface area contributed by atoms with Gasteiger partial charge in [0.15, 0.2) is 5.78 Å². The Hall–Kier alpha value is -4.86. The molecule has 254 valence electrons. The van der Waals surface area contributed by atoms with E-state index in [2.05, 4.69) is 10.6 Å². The van der Waals surface area contributed by atoms with E-state index >= 15 is 0 Å². The average Bonchev–Trinajstić information content (AvgIpc) is 3.91. The Morgan fingerprint density at radius 1 is 0.854 bits per heavy atom. The maximum atomic E-state index is 13.4. The molecule has 3 amide bonds. The second-order valence-corrected chi connectivity index (χ2v) is 12.9. The van der Waals surface area contributed by atoms with Crippen molar-refractivity contribution < 1.29 is 33.5 Å². The van der Waals surface area contributed by atoms with Gasteiger partial charge in [0.2, 0.25) is 17.6 Å². The van der Waals surface area contributed by atoms with Crippen LogP contribution in [-0.4, -0.2) is 47.8 Å². The van der Waals surface area contributed by atoms with Crippen LogP contribution in [0.2, 0.25) is 0 Å². The van der Waals surface area contributed by atoms with E-state index in [1.165, 1.54) is 0 Å². The minimum atomic E-state index is -1.15. The van der Waals surface area contributed by atoms with Gasteiger partial charge in [-0.15, -0.1) is 0 Å². The predicted molar refractivity (Wildman–Crippen MR) is 181 cm³/mol. The first-order valence-electron chi connectivity index (χ1n) is 16.6. The van der Waals surface area contributed by atoms with Crippen molar-refractivity contribution in [3.05, 3.63) is 83.9 Å². The van der Waals surface area contributed by atoms with Crippen molar-refractivity contribution in [2.75, 3.05) is 6.54 Å². The standard InChI is InChI=1S/C38H45N3O7/c1-3-24(2)34(41-37(46)31(17-25-13-14-25)21-33(43)48-23-26-9-5-4-6-10-26)35(44)38(47)40-22-32(42)20-30(36(39)45)19-27-15-16-28-11-7-8-12-29(28)18-27/h4-12,15-16,18,24-25,30-31,34H,3,13-14,17,19-23H2,1-2H3,(H2,39,45)(H,40,47)(H,41,46). The number of carbonyl (C=O) groups excluding carboxylic acids is 6. The fraction of sp³-hybridized carbons (Fsp3) is 0.421. The number of esters is 1. The van der Waals surface area contributed by atoms with Crippen molar-refractivity contribution in [3.8, 4) is 0 Å². The molecule has 0 spiro atoms. The van der Waals surface area contributed by atoms with Crippen LogP contribution in [0.1, 0.15) is 63.5 Å². The smallest absolute Gasteiger partial charge is 0.306 e. The molecular formula is C38H45N3O7. The number of amides is 3. The Labute approximate surface area is 281 Å². The van der Waals surface area contributed by atoms with Gasteiger partial charge in [-0.2, -0.15) is 0 Å². The van der Waals surface area contributed by atoms with Crippen molar-refractivity contribution in [3.63, 3.8) is 0 Å². The Balaban J connectivity index is 1.32. The minimum Gasteiger partial charge on any atom is -0.461 e. The van der Waals surface area contributed by atoms with Crippen molar-refractivity contribution in [1.82, 2.24) is 10.6 Å². The van der Waals surface area contributed by atoms with Crippen LogP contribution in [0, 0.1) is 23.7 Å². The third-order valence-electron chi connectivity index (χ3n) is 8.98.